The number of halogens is 2. The molecule has 0 N–H and O–H groups in total. The maximum atomic E-state index is 12.1. The second kappa shape index (κ2) is 35.9. The highest BCUT2D eigenvalue weighted by Crippen LogP contribution is 2.17. The number of rotatable bonds is 35. The van der Waals surface area contributed by atoms with Crippen molar-refractivity contribution in [1.29, 1.82) is 0 Å². The highest BCUT2D eigenvalue weighted by Gasteiger charge is 2.01. The molecule has 0 saturated carbocycles. The summed E-state index contributed by atoms with van der Waals surface area (Å²) in [5.41, 5.74) is 0. The zero-order valence-corrected chi connectivity index (χ0v) is 27.1. The first-order valence-corrected chi connectivity index (χ1v) is 18.6. The molecule has 39 heavy (non-hydrogen) atoms. The fraction of sp³-hybridized carbons (Fsp3) is 1.00. The van der Waals surface area contributed by atoms with Gasteiger partial charge in [-0.25, -0.2) is 8.78 Å². The Balaban J connectivity index is 3.02. The van der Waals surface area contributed by atoms with E-state index in [1.165, 1.54) is 199 Å². The molecule has 0 aromatic rings. The minimum absolute atomic E-state index is 0.0968. The Labute approximate surface area is 246 Å². The molecule has 0 aromatic carbocycles. The minimum Gasteiger partial charge on any atom is -0.211 e. The summed E-state index contributed by atoms with van der Waals surface area (Å²) in [6.07, 6.45) is 45.4. The van der Waals surface area contributed by atoms with Gasteiger partial charge < -0.3 is 0 Å². The molecule has 0 saturated heterocycles. The molecule has 0 radical (unpaired) electrons. The Morgan fingerprint density at radius 1 is 0.256 bits per heavy atom. The lowest BCUT2D eigenvalue weighted by Gasteiger charge is -2.05. The second-order valence-electron chi connectivity index (χ2n) is 12.8. The Morgan fingerprint density at radius 3 is 0.564 bits per heavy atom. The van der Waals surface area contributed by atoms with E-state index in [1.807, 2.05) is 0 Å². The fourth-order valence-electron chi connectivity index (χ4n) is 6.03. The van der Waals surface area contributed by atoms with Gasteiger partial charge >= 0.3 is 0 Å². The first kappa shape index (κ1) is 38.9. The van der Waals surface area contributed by atoms with Crippen LogP contribution in [0.15, 0.2) is 0 Å². The molecule has 0 heterocycles. The van der Waals surface area contributed by atoms with Gasteiger partial charge in [-0.2, -0.15) is 0 Å². The predicted octanol–water partition coefficient (Wildman–Crippen LogP) is 14.9. The molecular weight excluding hydrogens is 482 g/mol. The maximum Gasteiger partial charge on any atom is 0.238 e. The van der Waals surface area contributed by atoms with Crippen molar-refractivity contribution in [2.45, 2.75) is 238 Å². The molecule has 0 atom stereocenters. The fourth-order valence-corrected chi connectivity index (χ4v) is 6.03. The van der Waals surface area contributed by atoms with Gasteiger partial charge in [0, 0.05) is 6.42 Å². The van der Waals surface area contributed by atoms with E-state index >= 15 is 0 Å². The normalized spacial score (nSPS) is 11.7. The third kappa shape index (κ3) is 37.9. The summed E-state index contributed by atoms with van der Waals surface area (Å²) in [7, 11) is 0. The van der Waals surface area contributed by atoms with Crippen LogP contribution in [0.3, 0.4) is 0 Å². The lowest BCUT2D eigenvalue weighted by atomic mass is 10.0. The molecule has 236 valence electrons. The van der Waals surface area contributed by atoms with Gasteiger partial charge in [0.2, 0.25) is 6.43 Å². The van der Waals surface area contributed by atoms with Crippen LogP contribution in [-0.2, 0) is 0 Å². The third-order valence-corrected chi connectivity index (χ3v) is 8.78. The Bertz CT molecular complexity index is 408. The molecule has 0 amide bonds. The monoisotopic (exact) mass is 557 g/mol. The van der Waals surface area contributed by atoms with E-state index in [4.69, 9.17) is 0 Å². The van der Waals surface area contributed by atoms with Gasteiger partial charge in [0.1, 0.15) is 0 Å². The lowest BCUT2D eigenvalue weighted by Crippen LogP contribution is -1.89. The van der Waals surface area contributed by atoms with Crippen molar-refractivity contribution >= 4 is 0 Å². The van der Waals surface area contributed by atoms with Crippen LogP contribution in [0.2, 0.25) is 0 Å². The van der Waals surface area contributed by atoms with Crippen molar-refractivity contribution in [3.63, 3.8) is 0 Å². The SMILES string of the molecule is CCCCCCCCCCCCCCCCCCCCCCCCCCCCCCCCCCCCC(F)F. The quantitative estimate of drug-likeness (QED) is 0.0681. The highest BCUT2D eigenvalue weighted by molar-refractivity contribution is 4.53. The van der Waals surface area contributed by atoms with E-state index in [9.17, 15) is 8.78 Å². The van der Waals surface area contributed by atoms with Gasteiger partial charge in [0.25, 0.3) is 0 Å². The zero-order valence-electron chi connectivity index (χ0n) is 27.1. The van der Waals surface area contributed by atoms with Gasteiger partial charge in [-0.1, -0.05) is 219 Å². The van der Waals surface area contributed by atoms with Crippen molar-refractivity contribution in [2.75, 3.05) is 0 Å². The predicted molar refractivity (Wildman–Crippen MR) is 173 cm³/mol. The highest BCUT2D eigenvalue weighted by atomic mass is 19.3. The molecule has 0 aliphatic heterocycles. The Hall–Kier alpha value is -0.140. The summed E-state index contributed by atoms with van der Waals surface area (Å²) in [6.45, 7) is 2.30. The molecule has 0 rings (SSSR count). The molecule has 0 aromatic heterocycles. The summed E-state index contributed by atoms with van der Waals surface area (Å²) in [5, 5.41) is 0. The molecule has 0 unspecified atom stereocenters. The van der Waals surface area contributed by atoms with Crippen molar-refractivity contribution in [3.05, 3.63) is 0 Å². The Morgan fingerprint density at radius 2 is 0.410 bits per heavy atom. The summed E-state index contributed by atoms with van der Waals surface area (Å²) >= 11 is 0. The molecule has 2 heteroatoms. The number of alkyl halides is 2. The molecule has 0 bridgehead atoms. The number of hydrogen-bond donors (Lipinski definition) is 0. The van der Waals surface area contributed by atoms with E-state index in [1.54, 1.807) is 0 Å². The van der Waals surface area contributed by atoms with Crippen LogP contribution >= 0.6 is 0 Å². The van der Waals surface area contributed by atoms with Crippen LogP contribution < -0.4 is 0 Å². The Kier molecular flexibility index (Phi) is 35.8. The largest absolute Gasteiger partial charge is 0.238 e. The molecule has 0 spiro atoms. The van der Waals surface area contributed by atoms with Crippen LogP contribution in [0, 0.1) is 0 Å². The number of hydrogen-bond acceptors (Lipinski definition) is 0. The number of unbranched alkanes of at least 4 members (excludes halogenated alkanes) is 33. The molecule has 0 aliphatic carbocycles. The minimum atomic E-state index is -2.10. The van der Waals surface area contributed by atoms with E-state index in [-0.39, 0.29) is 6.42 Å². The lowest BCUT2D eigenvalue weighted by molar-refractivity contribution is 0.133. The van der Waals surface area contributed by atoms with Crippen molar-refractivity contribution in [3.8, 4) is 0 Å². The summed E-state index contributed by atoms with van der Waals surface area (Å²) < 4.78 is 24.1. The van der Waals surface area contributed by atoms with E-state index < -0.39 is 6.43 Å². The summed E-state index contributed by atoms with van der Waals surface area (Å²) in [6, 6.07) is 0. The van der Waals surface area contributed by atoms with E-state index in [0.29, 0.717) is 6.42 Å². The third-order valence-electron chi connectivity index (χ3n) is 8.78. The summed E-state index contributed by atoms with van der Waals surface area (Å²) in [5.74, 6) is 0. The van der Waals surface area contributed by atoms with Crippen molar-refractivity contribution in [2.24, 2.45) is 0 Å². The first-order chi connectivity index (χ1) is 19.3. The van der Waals surface area contributed by atoms with Crippen LogP contribution in [-0.4, -0.2) is 6.43 Å². The van der Waals surface area contributed by atoms with Gasteiger partial charge in [-0.15, -0.1) is 0 Å². The van der Waals surface area contributed by atoms with Gasteiger partial charge in [-0.3, -0.25) is 0 Å². The topological polar surface area (TPSA) is 0 Å². The molecule has 0 nitrogen and oxygen atoms in total. The van der Waals surface area contributed by atoms with Crippen molar-refractivity contribution in [1.82, 2.24) is 0 Å². The molecular formula is C37H74F2. The van der Waals surface area contributed by atoms with Crippen LogP contribution in [0.25, 0.3) is 0 Å². The molecule has 0 fully saturated rings. The van der Waals surface area contributed by atoms with Gasteiger partial charge in [0.15, 0.2) is 0 Å². The smallest absolute Gasteiger partial charge is 0.211 e. The standard InChI is InChI=1S/C37H74F2/c1-2-3-4-5-6-7-8-9-10-11-12-13-14-15-16-17-18-19-20-21-22-23-24-25-26-27-28-29-30-31-32-33-34-35-36-37(38)39/h37H,2-36H2,1H3. The van der Waals surface area contributed by atoms with Crippen molar-refractivity contribution < 1.29 is 8.78 Å². The van der Waals surface area contributed by atoms with Crippen LogP contribution in [0.5, 0.6) is 0 Å². The maximum absolute atomic E-state index is 12.1. The average molecular weight is 557 g/mol. The zero-order chi connectivity index (χ0) is 28.3. The van der Waals surface area contributed by atoms with Gasteiger partial charge in [0.05, 0.1) is 0 Å². The van der Waals surface area contributed by atoms with E-state index in [0.717, 1.165) is 12.8 Å². The second-order valence-corrected chi connectivity index (χ2v) is 12.8. The van der Waals surface area contributed by atoms with Crippen LogP contribution in [0.4, 0.5) is 8.78 Å². The summed E-state index contributed by atoms with van der Waals surface area (Å²) in [4.78, 5) is 0. The van der Waals surface area contributed by atoms with Gasteiger partial charge in [-0.05, 0) is 6.42 Å². The van der Waals surface area contributed by atoms with Crippen LogP contribution in [0.1, 0.15) is 232 Å². The average Bonchev–Trinajstić information content (AvgIpc) is 2.93. The first-order valence-electron chi connectivity index (χ1n) is 18.6. The molecule has 0 aliphatic rings. The van der Waals surface area contributed by atoms with E-state index in [2.05, 4.69) is 6.92 Å².